The van der Waals surface area contributed by atoms with E-state index in [4.69, 9.17) is 11.5 Å². The van der Waals surface area contributed by atoms with Crippen LogP contribution in [0, 0.1) is 5.92 Å². The topological polar surface area (TPSA) is 89.3 Å². The molecule has 0 saturated carbocycles. The molecule has 0 aromatic rings. The SMILES string of the molecule is NCCCCC(N)(C(=O)O)C1CC/C=C/CCC1. The number of carbonyl (C=O) groups is 1. The predicted octanol–water partition coefficient (Wildman–Crippen LogP) is 2.03. The zero-order chi connectivity index (χ0) is 13.4. The van der Waals surface area contributed by atoms with Crippen LogP contribution in [0.4, 0.5) is 0 Å². The van der Waals surface area contributed by atoms with Gasteiger partial charge in [0.05, 0.1) is 0 Å². The maximum Gasteiger partial charge on any atom is 0.323 e. The van der Waals surface area contributed by atoms with Crippen LogP contribution in [0.2, 0.25) is 0 Å². The highest BCUT2D eigenvalue weighted by Gasteiger charge is 2.40. The Bertz CT molecular complexity index is 292. The third-order valence-electron chi connectivity index (χ3n) is 3.94. The third-order valence-corrected chi connectivity index (χ3v) is 3.94. The van der Waals surface area contributed by atoms with Crippen molar-refractivity contribution >= 4 is 5.97 Å². The van der Waals surface area contributed by atoms with Crippen LogP contribution in [-0.2, 0) is 4.79 Å². The van der Waals surface area contributed by atoms with E-state index in [1.54, 1.807) is 0 Å². The molecular weight excluding hydrogens is 228 g/mol. The summed E-state index contributed by atoms with van der Waals surface area (Å²) in [5, 5.41) is 9.47. The van der Waals surface area contributed by atoms with E-state index in [-0.39, 0.29) is 5.92 Å². The number of rotatable bonds is 6. The fourth-order valence-corrected chi connectivity index (χ4v) is 2.72. The van der Waals surface area contributed by atoms with E-state index in [1.165, 1.54) is 0 Å². The van der Waals surface area contributed by atoms with Crippen LogP contribution >= 0.6 is 0 Å². The highest BCUT2D eigenvalue weighted by molar-refractivity contribution is 5.78. The minimum absolute atomic E-state index is 0.0812. The fourth-order valence-electron chi connectivity index (χ4n) is 2.72. The molecule has 5 N–H and O–H groups in total. The van der Waals surface area contributed by atoms with Crippen molar-refractivity contribution in [3.05, 3.63) is 12.2 Å². The average molecular weight is 254 g/mol. The first kappa shape index (κ1) is 15.2. The number of carboxylic acid groups (broad SMARTS) is 1. The smallest absolute Gasteiger partial charge is 0.323 e. The molecule has 0 spiro atoms. The van der Waals surface area contributed by atoms with Gasteiger partial charge in [-0.3, -0.25) is 4.79 Å². The van der Waals surface area contributed by atoms with Crippen molar-refractivity contribution in [2.45, 2.75) is 56.9 Å². The second kappa shape index (κ2) is 7.54. The van der Waals surface area contributed by atoms with Crippen molar-refractivity contribution < 1.29 is 9.90 Å². The molecule has 0 aromatic heterocycles. The van der Waals surface area contributed by atoms with Crippen molar-refractivity contribution in [2.75, 3.05) is 6.54 Å². The van der Waals surface area contributed by atoms with Gasteiger partial charge >= 0.3 is 5.97 Å². The summed E-state index contributed by atoms with van der Waals surface area (Å²) in [4.78, 5) is 11.5. The Kier molecular flexibility index (Phi) is 6.36. The van der Waals surface area contributed by atoms with Crippen molar-refractivity contribution in [3.8, 4) is 0 Å². The largest absolute Gasteiger partial charge is 0.480 e. The Morgan fingerprint density at radius 2 is 2.00 bits per heavy atom. The second-order valence-electron chi connectivity index (χ2n) is 5.27. The zero-order valence-corrected chi connectivity index (χ0v) is 11.1. The summed E-state index contributed by atoms with van der Waals surface area (Å²) in [7, 11) is 0. The summed E-state index contributed by atoms with van der Waals surface area (Å²) >= 11 is 0. The number of allylic oxidation sites excluding steroid dienone is 2. The lowest BCUT2D eigenvalue weighted by Crippen LogP contribution is -2.54. The first-order valence-electron chi connectivity index (χ1n) is 6.98. The van der Waals surface area contributed by atoms with E-state index in [9.17, 15) is 9.90 Å². The Morgan fingerprint density at radius 1 is 1.28 bits per heavy atom. The quantitative estimate of drug-likeness (QED) is 0.500. The molecule has 18 heavy (non-hydrogen) atoms. The van der Waals surface area contributed by atoms with Crippen molar-refractivity contribution in [1.29, 1.82) is 0 Å². The molecule has 1 rings (SSSR count). The van der Waals surface area contributed by atoms with E-state index in [0.717, 1.165) is 44.9 Å². The number of unbranched alkanes of at least 4 members (excludes halogenated alkanes) is 1. The van der Waals surface area contributed by atoms with E-state index in [0.29, 0.717) is 13.0 Å². The molecule has 0 saturated heterocycles. The summed E-state index contributed by atoms with van der Waals surface area (Å²) in [6.07, 6.45) is 11.3. The molecule has 4 nitrogen and oxygen atoms in total. The lowest BCUT2D eigenvalue weighted by Gasteiger charge is -2.34. The Hall–Kier alpha value is -0.870. The summed E-state index contributed by atoms with van der Waals surface area (Å²) < 4.78 is 0. The Labute approximate surface area is 109 Å². The van der Waals surface area contributed by atoms with E-state index < -0.39 is 11.5 Å². The summed E-state index contributed by atoms with van der Waals surface area (Å²) in [5.74, 6) is -0.771. The molecular formula is C14H26N2O2. The Balaban J connectivity index is 2.68. The van der Waals surface area contributed by atoms with Crippen LogP contribution < -0.4 is 11.5 Å². The van der Waals surface area contributed by atoms with Gasteiger partial charge in [-0.05, 0) is 63.8 Å². The summed E-state index contributed by atoms with van der Waals surface area (Å²) in [6, 6.07) is 0. The van der Waals surface area contributed by atoms with Crippen molar-refractivity contribution in [3.63, 3.8) is 0 Å². The monoisotopic (exact) mass is 254 g/mol. The van der Waals surface area contributed by atoms with Crippen molar-refractivity contribution in [2.24, 2.45) is 17.4 Å². The van der Waals surface area contributed by atoms with Gasteiger partial charge in [-0.1, -0.05) is 12.2 Å². The van der Waals surface area contributed by atoms with Gasteiger partial charge in [-0.15, -0.1) is 0 Å². The predicted molar refractivity (Wildman–Crippen MR) is 73.2 cm³/mol. The number of hydrogen-bond donors (Lipinski definition) is 3. The maximum absolute atomic E-state index is 11.5. The minimum Gasteiger partial charge on any atom is -0.480 e. The number of aliphatic carboxylic acids is 1. The van der Waals surface area contributed by atoms with Gasteiger partial charge in [0.25, 0.3) is 0 Å². The van der Waals surface area contributed by atoms with E-state index in [1.807, 2.05) is 0 Å². The first-order chi connectivity index (χ1) is 8.61. The van der Waals surface area contributed by atoms with Crippen molar-refractivity contribution in [1.82, 2.24) is 0 Å². The second-order valence-corrected chi connectivity index (χ2v) is 5.27. The molecule has 0 heterocycles. The van der Waals surface area contributed by atoms with Crippen LogP contribution in [0.25, 0.3) is 0 Å². The van der Waals surface area contributed by atoms with Gasteiger partial charge in [0, 0.05) is 0 Å². The molecule has 0 bridgehead atoms. The zero-order valence-electron chi connectivity index (χ0n) is 11.1. The van der Waals surface area contributed by atoms with Gasteiger partial charge in [-0.25, -0.2) is 0 Å². The standard InChI is InChI=1S/C14H26N2O2/c15-11-7-6-10-14(16,13(17)18)12-8-4-2-1-3-5-9-12/h1-2,12H,3-11,15-16H2,(H,17,18)/b2-1+. The molecule has 0 radical (unpaired) electrons. The van der Waals surface area contributed by atoms with Crippen LogP contribution in [0.5, 0.6) is 0 Å². The fraction of sp³-hybridized carbons (Fsp3) is 0.786. The highest BCUT2D eigenvalue weighted by atomic mass is 16.4. The minimum atomic E-state index is -1.07. The summed E-state index contributed by atoms with van der Waals surface area (Å²) in [5.41, 5.74) is 10.6. The normalized spacial score (nSPS) is 25.8. The number of hydrogen-bond acceptors (Lipinski definition) is 3. The molecule has 104 valence electrons. The van der Waals surface area contributed by atoms with Gasteiger partial charge in [0.2, 0.25) is 0 Å². The van der Waals surface area contributed by atoms with Crippen LogP contribution in [0.1, 0.15) is 51.4 Å². The van der Waals surface area contributed by atoms with E-state index in [2.05, 4.69) is 12.2 Å². The molecule has 1 aliphatic carbocycles. The molecule has 4 heteroatoms. The lowest BCUT2D eigenvalue weighted by atomic mass is 9.75. The summed E-state index contributed by atoms with van der Waals surface area (Å²) in [6.45, 7) is 0.600. The van der Waals surface area contributed by atoms with Gasteiger partial charge in [-0.2, -0.15) is 0 Å². The molecule has 0 fully saturated rings. The molecule has 2 atom stereocenters. The Morgan fingerprint density at radius 3 is 2.67 bits per heavy atom. The third kappa shape index (κ3) is 4.10. The first-order valence-corrected chi connectivity index (χ1v) is 6.98. The highest BCUT2D eigenvalue weighted by Crippen LogP contribution is 2.31. The number of nitrogens with two attached hydrogens (primary N) is 2. The molecule has 0 aliphatic heterocycles. The van der Waals surface area contributed by atoms with Gasteiger partial charge in [0.1, 0.15) is 5.54 Å². The van der Waals surface area contributed by atoms with Crippen LogP contribution in [0.3, 0.4) is 0 Å². The average Bonchev–Trinajstić information content (AvgIpc) is 2.28. The van der Waals surface area contributed by atoms with Gasteiger partial charge < -0.3 is 16.6 Å². The van der Waals surface area contributed by atoms with Crippen LogP contribution in [-0.4, -0.2) is 23.2 Å². The van der Waals surface area contributed by atoms with Crippen LogP contribution in [0.15, 0.2) is 12.2 Å². The van der Waals surface area contributed by atoms with Gasteiger partial charge in [0.15, 0.2) is 0 Å². The molecule has 1 aliphatic rings. The lowest BCUT2D eigenvalue weighted by molar-refractivity contribution is -0.146. The molecule has 0 amide bonds. The van der Waals surface area contributed by atoms with E-state index >= 15 is 0 Å². The molecule has 0 aromatic carbocycles. The molecule has 2 unspecified atom stereocenters. The maximum atomic E-state index is 11.5. The number of carboxylic acids is 1.